The SMILES string of the molecule is CN1CCN(CCCNC(=O)c2nc3cc(B4OC(C)(C)C(C)(C)O4)ccc3n2COCC[Si](C)(C)C)CC1. The standard InChI is InChI=1S/C28H48BN5O4Si/c1-27(2)28(3,4)38-29(37-27)22-10-11-24-23(20-22)31-25(34(24)21-36-18-19-39(6,7)8)26(35)30-12-9-13-33-16-14-32(5)15-17-33/h10-11,20H,9,12-19,21H2,1-8H3,(H,30,35). The van der Waals surface area contributed by atoms with Crippen LogP contribution in [0.5, 0.6) is 0 Å². The van der Waals surface area contributed by atoms with Crippen LogP contribution in [0.1, 0.15) is 44.7 Å². The molecule has 0 bridgehead atoms. The average Bonchev–Trinajstić information content (AvgIpc) is 3.32. The summed E-state index contributed by atoms with van der Waals surface area (Å²) in [6.45, 7) is 22.1. The molecule has 3 heterocycles. The molecule has 0 saturated carbocycles. The summed E-state index contributed by atoms with van der Waals surface area (Å²) in [5.74, 6) is 0.208. The van der Waals surface area contributed by atoms with E-state index < -0.39 is 26.4 Å². The predicted octanol–water partition coefficient (Wildman–Crippen LogP) is 3.02. The molecule has 0 radical (unpaired) electrons. The van der Waals surface area contributed by atoms with Crippen LogP contribution >= 0.6 is 0 Å². The average molecular weight is 558 g/mol. The van der Waals surface area contributed by atoms with Crippen LogP contribution in [-0.2, 0) is 20.8 Å². The van der Waals surface area contributed by atoms with Crippen LogP contribution in [-0.4, -0.2) is 105 Å². The predicted molar refractivity (Wildman–Crippen MR) is 160 cm³/mol. The topological polar surface area (TPSA) is 81.1 Å². The monoisotopic (exact) mass is 557 g/mol. The fraction of sp³-hybridized carbons (Fsp3) is 0.714. The number of likely N-dealkylation sites (N-methyl/N-ethyl adjacent to an activating group) is 1. The number of piperazine rings is 1. The summed E-state index contributed by atoms with van der Waals surface area (Å²) < 4.78 is 20.5. The maximum atomic E-state index is 13.3. The van der Waals surface area contributed by atoms with Crippen LogP contribution in [0.3, 0.4) is 0 Å². The van der Waals surface area contributed by atoms with Crippen molar-refractivity contribution in [3.05, 3.63) is 24.0 Å². The van der Waals surface area contributed by atoms with E-state index in [9.17, 15) is 4.79 Å². The Morgan fingerprint density at radius 3 is 2.41 bits per heavy atom. The minimum absolute atomic E-state index is 0.171. The van der Waals surface area contributed by atoms with Crippen molar-refractivity contribution in [2.45, 2.75) is 77.7 Å². The molecular weight excluding hydrogens is 509 g/mol. The fourth-order valence-electron chi connectivity index (χ4n) is 4.77. The summed E-state index contributed by atoms with van der Waals surface area (Å²) in [5, 5.41) is 3.10. The number of nitrogens with zero attached hydrogens (tertiary/aromatic N) is 4. The van der Waals surface area contributed by atoms with Gasteiger partial charge in [-0.25, -0.2) is 4.98 Å². The Labute approximate surface area is 235 Å². The summed E-state index contributed by atoms with van der Waals surface area (Å²) in [5.41, 5.74) is 1.64. The van der Waals surface area contributed by atoms with Crippen molar-refractivity contribution in [1.82, 2.24) is 24.7 Å². The van der Waals surface area contributed by atoms with Crippen LogP contribution in [0, 0.1) is 0 Å². The molecule has 0 atom stereocenters. The Hall–Kier alpha value is -1.76. The van der Waals surface area contributed by atoms with Crippen molar-refractivity contribution in [3.63, 3.8) is 0 Å². The number of amides is 1. The molecule has 1 amide bonds. The van der Waals surface area contributed by atoms with E-state index in [4.69, 9.17) is 19.0 Å². The Balaban J connectivity index is 1.47. The number of aromatic nitrogens is 2. The van der Waals surface area contributed by atoms with Crippen molar-refractivity contribution >= 4 is 37.6 Å². The van der Waals surface area contributed by atoms with E-state index in [1.807, 2.05) is 50.5 Å². The lowest BCUT2D eigenvalue weighted by molar-refractivity contribution is 0.00578. The molecule has 1 aromatic heterocycles. The highest BCUT2D eigenvalue weighted by molar-refractivity contribution is 6.76. The lowest BCUT2D eigenvalue weighted by Crippen LogP contribution is -2.45. The number of rotatable bonds is 11. The lowest BCUT2D eigenvalue weighted by atomic mass is 9.79. The molecule has 0 aliphatic carbocycles. The first-order valence-electron chi connectivity index (χ1n) is 14.4. The van der Waals surface area contributed by atoms with Gasteiger partial charge in [-0.3, -0.25) is 9.36 Å². The number of fused-ring (bicyclic) bond motifs is 1. The minimum Gasteiger partial charge on any atom is -0.399 e. The van der Waals surface area contributed by atoms with Gasteiger partial charge in [-0.05, 0) is 71.3 Å². The first-order valence-corrected chi connectivity index (χ1v) is 18.1. The molecule has 2 aliphatic heterocycles. The Morgan fingerprint density at radius 2 is 1.77 bits per heavy atom. The number of nitrogens with one attached hydrogen (secondary N) is 1. The Morgan fingerprint density at radius 1 is 1.10 bits per heavy atom. The van der Waals surface area contributed by atoms with Crippen molar-refractivity contribution in [2.75, 3.05) is 52.9 Å². The summed E-state index contributed by atoms with van der Waals surface area (Å²) in [4.78, 5) is 22.9. The zero-order valence-electron chi connectivity index (χ0n) is 25.3. The van der Waals surface area contributed by atoms with Crippen molar-refractivity contribution in [2.24, 2.45) is 0 Å². The molecule has 1 N–H and O–H groups in total. The normalized spacial score (nSPS) is 20.2. The molecular formula is C28H48BN5O4Si. The Kier molecular flexibility index (Phi) is 9.30. The maximum absolute atomic E-state index is 13.3. The van der Waals surface area contributed by atoms with E-state index in [-0.39, 0.29) is 5.91 Å². The number of carbonyl (C=O) groups excluding carboxylic acids is 1. The van der Waals surface area contributed by atoms with Gasteiger partial charge in [-0.15, -0.1) is 0 Å². The highest BCUT2D eigenvalue weighted by atomic mass is 28.3. The number of carbonyl (C=O) groups is 1. The van der Waals surface area contributed by atoms with Crippen molar-refractivity contribution in [1.29, 1.82) is 0 Å². The fourth-order valence-corrected chi connectivity index (χ4v) is 5.52. The van der Waals surface area contributed by atoms with Gasteiger partial charge in [0.1, 0.15) is 6.73 Å². The molecule has 0 unspecified atom stereocenters. The molecule has 39 heavy (non-hydrogen) atoms. The second-order valence-electron chi connectivity index (χ2n) is 13.3. The highest BCUT2D eigenvalue weighted by Crippen LogP contribution is 2.36. The maximum Gasteiger partial charge on any atom is 0.494 e. The summed E-state index contributed by atoms with van der Waals surface area (Å²) >= 11 is 0. The Bertz CT molecular complexity index is 1120. The molecule has 2 fully saturated rings. The van der Waals surface area contributed by atoms with Gasteiger partial charge in [0.15, 0.2) is 0 Å². The summed E-state index contributed by atoms with van der Waals surface area (Å²) in [6, 6.07) is 7.04. The first-order chi connectivity index (χ1) is 18.3. The molecule has 4 rings (SSSR count). The molecule has 216 valence electrons. The molecule has 1 aromatic carbocycles. The zero-order chi connectivity index (χ0) is 28.4. The first kappa shape index (κ1) is 30.2. The van der Waals surface area contributed by atoms with Crippen LogP contribution in [0.15, 0.2) is 18.2 Å². The van der Waals surface area contributed by atoms with E-state index in [2.05, 4.69) is 41.8 Å². The van der Waals surface area contributed by atoms with Gasteiger partial charge in [0, 0.05) is 47.4 Å². The number of ether oxygens (including phenoxy) is 1. The molecule has 2 aliphatic rings. The summed E-state index contributed by atoms with van der Waals surface area (Å²) in [6.07, 6.45) is 0.911. The van der Waals surface area contributed by atoms with Gasteiger partial charge in [0.2, 0.25) is 5.82 Å². The molecule has 9 nitrogen and oxygen atoms in total. The van der Waals surface area contributed by atoms with Crippen LogP contribution < -0.4 is 10.8 Å². The van der Waals surface area contributed by atoms with Crippen LogP contribution in [0.4, 0.5) is 0 Å². The smallest absolute Gasteiger partial charge is 0.399 e. The van der Waals surface area contributed by atoms with E-state index in [1.165, 1.54) is 0 Å². The number of benzene rings is 1. The zero-order valence-corrected chi connectivity index (χ0v) is 26.3. The van der Waals surface area contributed by atoms with Crippen LogP contribution in [0.25, 0.3) is 11.0 Å². The van der Waals surface area contributed by atoms with E-state index in [1.54, 1.807) is 0 Å². The van der Waals surface area contributed by atoms with E-state index in [0.717, 1.165) is 61.7 Å². The largest absolute Gasteiger partial charge is 0.494 e. The van der Waals surface area contributed by atoms with E-state index >= 15 is 0 Å². The van der Waals surface area contributed by atoms with Gasteiger partial charge in [0.25, 0.3) is 5.91 Å². The van der Waals surface area contributed by atoms with Gasteiger partial charge >= 0.3 is 7.12 Å². The van der Waals surface area contributed by atoms with E-state index in [0.29, 0.717) is 25.7 Å². The van der Waals surface area contributed by atoms with Gasteiger partial charge in [-0.1, -0.05) is 25.7 Å². The van der Waals surface area contributed by atoms with Crippen molar-refractivity contribution < 1.29 is 18.8 Å². The van der Waals surface area contributed by atoms with Crippen molar-refractivity contribution in [3.8, 4) is 0 Å². The molecule has 2 aromatic rings. The van der Waals surface area contributed by atoms with Gasteiger partial charge in [-0.2, -0.15) is 0 Å². The minimum atomic E-state index is -1.22. The third-order valence-electron chi connectivity index (χ3n) is 8.25. The number of hydrogen-bond donors (Lipinski definition) is 1. The van der Waals surface area contributed by atoms with Gasteiger partial charge < -0.3 is 29.2 Å². The summed E-state index contributed by atoms with van der Waals surface area (Å²) in [7, 11) is 0.463. The quantitative estimate of drug-likeness (QED) is 0.336. The third-order valence-corrected chi connectivity index (χ3v) is 9.95. The molecule has 2 saturated heterocycles. The molecule has 0 spiro atoms. The second-order valence-corrected chi connectivity index (χ2v) is 18.9. The lowest BCUT2D eigenvalue weighted by Gasteiger charge is -2.32. The number of hydrogen-bond acceptors (Lipinski definition) is 7. The third kappa shape index (κ3) is 7.51. The van der Waals surface area contributed by atoms with Gasteiger partial charge in [0.05, 0.1) is 22.2 Å². The second kappa shape index (κ2) is 12.0. The molecule has 11 heteroatoms. The highest BCUT2D eigenvalue weighted by Gasteiger charge is 2.51. The number of imidazole rings is 1. The van der Waals surface area contributed by atoms with Crippen LogP contribution in [0.2, 0.25) is 25.7 Å².